The summed E-state index contributed by atoms with van der Waals surface area (Å²) in [5.74, 6) is 0.979. The summed E-state index contributed by atoms with van der Waals surface area (Å²) in [6.45, 7) is 9.89. The van der Waals surface area contributed by atoms with E-state index in [1.165, 1.54) is 31.2 Å². The summed E-state index contributed by atoms with van der Waals surface area (Å²) in [6.07, 6.45) is 7.95. The summed E-state index contributed by atoms with van der Waals surface area (Å²) in [6, 6.07) is 8.76. The summed E-state index contributed by atoms with van der Waals surface area (Å²) < 4.78 is 5.86. The van der Waals surface area contributed by atoms with Crippen LogP contribution >= 0.6 is 0 Å². The van der Waals surface area contributed by atoms with Crippen molar-refractivity contribution in [2.24, 2.45) is 0 Å². The molecule has 0 aliphatic rings. The molecule has 0 bridgehead atoms. The Morgan fingerprint density at radius 2 is 2.10 bits per heavy atom. The van der Waals surface area contributed by atoms with E-state index in [1.54, 1.807) is 0 Å². The Labute approximate surface area is 124 Å². The topological polar surface area (TPSA) is 21.3 Å². The number of nitrogens with one attached hydrogen (secondary N) is 1. The molecule has 1 N–H and O–H groups in total. The average Bonchev–Trinajstić information content (AvgIpc) is 2.46. The van der Waals surface area contributed by atoms with Crippen LogP contribution in [0.25, 0.3) is 0 Å². The fourth-order valence-electron chi connectivity index (χ4n) is 2.24. The molecule has 0 aromatic heterocycles. The summed E-state index contributed by atoms with van der Waals surface area (Å²) in [7, 11) is 0. The number of ether oxygens (including phenoxy) is 1. The van der Waals surface area contributed by atoms with Crippen molar-refractivity contribution < 1.29 is 4.74 Å². The molecular formula is C18H29NO. The van der Waals surface area contributed by atoms with Gasteiger partial charge in [-0.15, -0.1) is 6.58 Å². The lowest BCUT2D eigenvalue weighted by molar-refractivity contribution is 0.302. The lowest BCUT2D eigenvalue weighted by atomic mass is 10.1. The summed E-state index contributed by atoms with van der Waals surface area (Å²) in [5, 5.41) is 3.52. The highest BCUT2D eigenvalue weighted by Gasteiger charge is 2.03. The van der Waals surface area contributed by atoms with E-state index in [2.05, 4.69) is 31.8 Å². The van der Waals surface area contributed by atoms with Gasteiger partial charge in [0.05, 0.1) is 0 Å². The molecule has 0 radical (unpaired) electrons. The molecule has 1 rings (SSSR count). The van der Waals surface area contributed by atoms with Crippen LogP contribution in [0.4, 0.5) is 0 Å². The van der Waals surface area contributed by atoms with Gasteiger partial charge < -0.3 is 10.1 Å². The number of benzene rings is 1. The van der Waals surface area contributed by atoms with E-state index < -0.39 is 0 Å². The normalized spacial score (nSPS) is 12.1. The van der Waals surface area contributed by atoms with Crippen molar-refractivity contribution in [3.05, 3.63) is 42.5 Å². The largest absolute Gasteiger partial charge is 0.492 e. The number of unbranched alkanes of at least 4 members (excludes halogenated alkanes) is 2. The van der Waals surface area contributed by atoms with Gasteiger partial charge in [-0.05, 0) is 31.4 Å². The monoisotopic (exact) mass is 275 g/mol. The molecular weight excluding hydrogens is 246 g/mol. The minimum atomic E-state index is 0.577. The number of para-hydroxylation sites is 1. The van der Waals surface area contributed by atoms with Gasteiger partial charge >= 0.3 is 0 Å². The van der Waals surface area contributed by atoms with Gasteiger partial charge in [0.2, 0.25) is 0 Å². The highest BCUT2D eigenvalue weighted by atomic mass is 16.5. The molecule has 0 amide bonds. The summed E-state index contributed by atoms with van der Waals surface area (Å²) >= 11 is 0. The number of allylic oxidation sites excluding steroid dienone is 1. The van der Waals surface area contributed by atoms with E-state index in [0.29, 0.717) is 12.6 Å². The minimum Gasteiger partial charge on any atom is -0.492 e. The number of rotatable bonds is 11. The molecule has 0 spiro atoms. The van der Waals surface area contributed by atoms with Crippen LogP contribution in [0.5, 0.6) is 5.75 Å². The van der Waals surface area contributed by atoms with Gasteiger partial charge in [-0.2, -0.15) is 0 Å². The average molecular weight is 275 g/mol. The predicted molar refractivity (Wildman–Crippen MR) is 87.4 cm³/mol. The molecule has 1 aromatic rings. The van der Waals surface area contributed by atoms with Crippen LogP contribution < -0.4 is 10.1 Å². The van der Waals surface area contributed by atoms with Crippen molar-refractivity contribution in [3.63, 3.8) is 0 Å². The Morgan fingerprint density at radius 1 is 1.30 bits per heavy atom. The lowest BCUT2D eigenvalue weighted by Crippen LogP contribution is -2.30. The summed E-state index contributed by atoms with van der Waals surface area (Å²) in [4.78, 5) is 0. The number of hydrogen-bond donors (Lipinski definition) is 1. The van der Waals surface area contributed by atoms with E-state index in [4.69, 9.17) is 4.74 Å². The standard InChI is InChI=1S/C18H29NO/c1-4-6-7-11-16(3)19-14-15-20-18-13-9-8-12-17(18)10-5-2/h5,8-9,12-13,16,19H,2,4,6-7,10-11,14-15H2,1,3H3. The third-order valence-electron chi connectivity index (χ3n) is 3.43. The smallest absolute Gasteiger partial charge is 0.122 e. The second-order valence-electron chi connectivity index (χ2n) is 5.30. The first-order valence-electron chi connectivity index (χ1n) is 7.83. The molecule has 0 heterocycles. The van der Waals surface area contributed by atoms with Crippen molar-refractivity contribution in [2.75, 3.05) is 13.2 Å². The molecule has 2 heteroatoms. The SMILES string of the molecule is C=CCc1ccccc1OCCNC(C)CCCCC. The Balaban J connectivity index is 2.22. The quantitative estimate of drug-likeness (QED) is 0.479. The predicted octanol–water partition coefficient (Wildman–Crippen LogP) is 4.35. The van der Waals surface area contributed by atoms with Crippen LogP contribution in [0, 0.1) is 0 Å². The van der Waals surface area contributed by atoms with Crippen molar-refractivity contribution in [1.82, 2.24) is 5.32 Å². The first-order chi connectivity index (χ1) is 9.77. The van der Waals surface area contributed by atoms with Gasteiger partial charge in [0, 0.05) is 12.6 Å². The third kappa shape index (κ3) is 6.76. The molecule has 1 atom stereocenters. The maximum atomic E-state index is 5.86. The Hall–Kier alpha value is -1.28. The molecule has 2 nitrogen and oxygen atoms in total. The van der Waals surface area contributed by atoms with Crippen LogP contribution in [0.15, 0.2) is 36.9 Å². The number of hydrogen-bond acceptors (Lipinski definition) is 2. The molecule has 0 saturated heterocycles. The molecule has 1 aromatic carbocycles. The highest BCUT2D eigenvalue weighted by molar-refractivity contribution is 5.34. The van der Waals surface area contributed by atoms with Crippen molar-refractivity contribution >= 4 is 0 Å². The van der Waals surface area contributed by atoms with Crippen LogP contribution in [0.1, 0.15) is 45.1 Å². The van der Waals surface area contributed by atoms with E-state index in [0.717, 1.165) is 18.7 Å². The molecule has 0 saturated carbocycles. The summed E-state index contributed by atoms with van der Waals surface area (Å²) in [5.41, 5.74) is 1.21. The van der Waals surface area contributed by atoms with Gasteiger partial charge in [-0.3, -0.25) is 0 Å². The Kier molecular flexibility index (Phi) is 8.81. The molecule has 0 aliphatic carbocycles. The Morgan fingerprint density at radius 3 is 2.85 bits per heavy atom. The second-order valence-corrected chi connectivity index (χ2v) is 5.30. The molecule has 0 aliphatic heterocycles. The molecule has 0 fully saturated rings. The van der Waals surface area contributed by atoms with Gasteiger partial charge in [-0.25, -0.2) is 0 Å². The van der Waals surface area contributed by atoms with Crippen LogP contribution in [-0.4, -0.2) is 19.2 Å². The molecule has 20 heavy (non-hydrogen) atoms. The van der Waals surface area contributed by atoms with Crippen LogP contribution in [0.2, 0.25) is 0 Å². The van der Waals surface area contributed by atoms with Gasteiger partial charge in [0.25, 0.3) is 0 Å². The van der Waals surface area contributed by atoms with Gasteiger partial charge in [-0.1, -0.05) is 50.5 Å². The van der Waals surface area contributed by atoms with Gasteiger partial charge in [0.15, 0.2) is 0 Å². The maximum absolute atomic E-state index is 5.86. The lowest BCUT2D eigenvalue weighted by Gasteiger charge is -2.15. The fourth-order valence-corrected chi connectivity index (χ4v) is 2.24. The van der Waals surface area contributed by atoms with Gasteiger partial charge in [0.1, 0.15) is 12.4 Å². The van der Waals surface area contributed by atoms with Crippen molar-refractivity contribution in [2.45, 2.75) is 52.0 Å². The van der Waals surface area contributed by atoms with E-state index in [9.17, 15) is 0 Å². The Bertz CT molecular complexity index is 375. The zero-order chi connectivity index (χ0) is 14.6. The van der Waals surface area contributed by atoms with E-state index in [-0.39, 0.29) is 0 Å². The van der Waals surface area contributed by atoms with Crippen molar-refractivity contribution in [1.29, 1.82) is 0 Å². The highest BCUT2D eigenvalue weighted by Crippen LogP contribution is 2.18. The first kappa shape index (κ1) is 16.8. The minimum absolute atomic E-state index is 0.577. The van der Waals surface area contributed by atoms with Crippen molar-refractivity contribution in [3.8, 4) is 5.75 Å². The third-order valence-corrected chi connectivity index (χ3v) is 3.43. The molecule has 1 unspecified atom stereocenters. The zero-order valence-corrected chi connectivity index (χ0v) is 13.0. The zero-order valence-electron chi connectivity index (χ0n) is 13.0. The molecule has 112 valence electrons. The van der Waals surface area contributed by atoms with Crippen LogP contribution in [0.3, 0.4) is 0 Å². The maximum Gasteiger partial charge on any atom is 0.122 e. The van der Waals surface area contributed by atoms with E-state index >= 15 is 0 Å². The fraction of sp³-hybridized carbons (Fsp3) is 0.556. The first-order valence-corrected chi connectivity index (χ1v) is 7.83. The van der Waals surface area contributed by atoms with E-state index in [1.807, 2.05) is 24.3 Å². The second kappa shape index (κ2) is 10.5. The van der Waals surface area contributed by atoms with Crippen LogP contribution in [-0.2, 0) is 6.42 Å².